The first kappa shape index (κ1) is 8.96. The number of rotatable bonds is 1. The fourth-order valence-corrected chi connectivity index (χ4v) is 1.19. The molecule has 0 saturated carbocycles. The fraction of sp³-hybridized carbons (Fsp3) is 0. The summed E-state index contributed by atoms with van der Waals surface area (Å²) in [6.07, 6.45) is 2.87. The molecule has 2 rings (SSSR count). The lowest BCUT2D eigenvalue weighted by Crippen LogP contribution is -1.98. The Morgan fingerprint density at radius 3 is 2.86 bits per heavy atom. The molecule has 0 spiro atoms. The molecule has 4 nitrogen and oxygen atoms in total. The van der Waals surface area contributed by atoms with Gasteiger partial charge in [0.15, 0.2) is 5.82 Å². The average molecular weight is 214 g/mol. The lowest BCUT2D eigenvalue weighted by atomic mass is 10.3. The molecule has 0 aliphatic rings. The van der Waals surface area contributed by atoms with Crippen LogP contribution in [0.4, 0.5) is 4.39 Å². The molecule has 0 saturated heterocycles. The lowest BCUT2D eigenvalue weighted by Gasteiger charge is -2.03. The van der Waals surface area contributed by atoms with E-state index in [-0.39, 0.29) is 16.5 Å². The first-order valence-electron chi connectivity index (χ1n) is 3.73. The van der Waals surface area contributed by atoms with Gasteiger partial charge in [-0.25, -0.2) is 9.07 Å². The van der Waals surface area contributed by atoms with Crippen LogP contribution in [0.15, 0.2) is 24.5 Å². The Bertz CT molecular complexity index is 458. The zero-order valence-electron chi connectivity index (χ0n) is 6.85. The molecule has 1 N–H and O–H groups in total. The summed E-state index contributed by atoms with van der Waals surface area (Å²) < 4.78 is 14.5. The highest BCUT2D eigenvalue weighted by Gasteiger charge is 2.09. The minimum absolute atomic E-state index is 0.0358. The molecule has 0 aliphatic heterocycles. The maximum Gasteiger partial charge on any atom is 0.150 e. The van der Waals surface area contributed by atoms with Gasteiger partial charge in [-0.05, 0) is 6.07 Å². The molecular formula is C8H5ClFN3O. The predicted molar refractivity (Wildman–Crippen MR) is 48.0 cm³/mol. The van der Waals surface area contributed by atoms with Crippen LogP contribution < -0.4 is 0 Å². The third-order valence-corrected chi connectivity index (χ3v) is 1.99. The molecule has 0 aliphatic carbocycles. The van der Waals surface area contributed by atoms with Crippen LogP contribution >= 0.6 is 11.6 Å². The van der Waals surface area contributed by atoms with Gasteiger partial charge in [0.05, 0.1) is 17.4 Å². The molecule has 0 bridgehead atoms. The van der Waals surface area contributed by atoms with E-state index in [1.807, 2.05) is 0 Å². The Hall–Kier alpha value is -1.62. The maximum atomic E-state index is 13.3. The largest absolute Gasteiger partial charge is 0.506 e. The second kappa shape index (κ2) is 3.26. The summed E-state index contributed by atoms with van der Waals surface area (Å²) in [7, 11) is 0. The van der Waals surface area contributed by atoms with E-state index in [1.165, 1.54) is 23.1 Å². The van der Waals surface area contributed by atoms with Crippen molar-refractivity contribution >= 4 is 11.6 Å². The summed E-state index contributed by atoms with van der Waals surface area (Å²) in [6, 6.07) is 2.21. The van der Waals surface area contributed by atoms with Crippen LogP contribution in [0.1, 0.15) is 0 Å². The molecule has 0 fully saturated rings. The molecule has 72 valence electrons. The van der Waals surface area contributed by atoms with E-state index in [4.69, 9.17) is 11.6 Å². The molecule has 0 radical (unpaired) electrons. The Kier molecular flexibility index (Phi) is 2.09. The van der Waals surface area contributed by atoms with Crippen molar-refractivity contribution in [3.63, 3.8) is 0 Å². The van der Waals surface area contributed by atoms with E-state index < -0.39 is 5.82 Å². The second-order valence-corrected chi connectivity index (χ2v) is 3.01. The molecule has 1 aromatic carbocycles. The fourth-order valence-electron chi connectivity index (χ4n) is 1.04. The SMILES string of the molecule is Oc1cc(-n2ccnn2)c(F)cc1Cl. The van der Waals surface area contributed by atoms with Gasteiger partial charge in [0, 0.05) is 6.07 Å². The highest BCUT2D eigenvalue weighted by atomic mass is 35.5. The van der Waals surface area contributed by atoms with Crippen LogP contribution in [0.5, 0.6) is 5.75 Å². The molecule has 6 heteroatoms. The minimum atomic E-state index is -0.571. The summed E-state index contributed by atoms with van der Waals surface area (Å²) in [5.41, 5.74) is 0.101. The van der Waals surface area contributed by atoms with Crippen molar-refractivity contribution in [2.45, 2.75) is 0 Å². The number of phenolic OH excluding ortho intramolecular Hbond substituents is 1. The zero-order chi connectivity index (χ0) is 10.1. The number of halogens is 2. The van der Waals surface area contributed by atoms with Crippen molar-refractivity contribution in [1.82, 2.24) is 15.0 Å². The van der Waals surface area contributed by atoms with Crippen LogP contribution in [0, 0.1) is 5.82 Å². The number of phenols is 1. The molecule has 0 unspecified atom stereocenters. The number of aromatic nitrogens is 3. The summed E-state index contributed by atoms with van der Waals surface area (Å²) in [4.78, 5) is 0. The monoisotopic (exact) mass is 213 g/mol. The van der Waals surface area contributed by atoms with Crippen LogP contribution in [0.3, 0.4) is 0 Å². The van der Waals surface area contributed by atoms with Crippen LogP contribution in [0.25, 0.3) is 5.69 Å². The average Bonchev–Trinajstić information content (AvgIpc) is 2.64. The smallest absolute Gasteiger partial charge is 0.150 e. The van der Waals surface area contributed by atoms with Gasteiger partial charge in [-0.15, -0.1) is 5.10 Å². The van der Waals surface area contributed by atoms with Gasteiger partial charge in [0.2, 0.25) is 0 Å². The van der Waals surface area contributed by atoms with Gasteiger partial charge < -0.3 is 5.11 Å². The van der Waals surface area contributed by atoms with Crippen molar-refractivity contribution in [2.24, 2.45) is 0 Å². The first-order chi connectivity index (χ1) is 6.68. The van der Waals surface area contributed by atoms with Crippen molar-refractivity contribution in [3.05, 3.63) is 35.4 Å². The third kappa shape index (κ3) is 1.42. The number of benzene rings is 1. The molecule has 1 aromatic heterocycles. The van der Waals surface area contributed by atoms with E-state index in [9.17, 15) is 9.50 Å². The summed E-state index contributed by atoms with van der Waals surface area (Å²) >= 11 is 5.51. The van der Waals surface area contributed by atoms with E-state index >= 15 is 0 Å². The van der Waals surface area contributed by atoms with E-state index in [2.05, 4.69) is 10.3 Å². The van der Waals surface area contributed by atoms with Crippen molar-refractivity contribution in [1.29, 1.82) is 0 Å². The van der Waals surface area contributed by atoms with Gasteiger partial charge in [0.1, 0.15) is 11.4 Å². The number of hydrogen-bond donors (Lipinski definition) is 1. The summed E-state index contributed by atoms with van der Waals surface area (Å²) in [5, 5.41) is 16.3. The zero-order valence-corrected chi connectivity index (χ0v) is 7.61. The molecule has 0 atom stereocenters. The number of nitrogens with zero attached hydrogens (tertiary/aromatic N) is 3. The topological polar surface area (TPSA) is 50.9 Å². The van der Waals surface area contributed by atoms with Crippen molar-refractivity contribution in [3.8, 4) is 11.4 Å². The molecule has 2 aromatic rings. The normalized spacial score (nSPS) is 10.4. The standard InChI is InChI=1S/C8H5ClFN3O/c9-5-3-6(10)7(4-8(5)14)13-2-1-11-12-13/h1-4,14H. The van der Waals surface area contributed by atoms with Crippen LogP contribution in [-0.2, 0) is 0 Å². The molecular weight excluding hydrogens is 209 g/mol. The van der Waals surface area contributed by atoms with Gasteiger partial charge >= 0.3 is 0 Å². The Balaban J connectivity index is 2.60. The van der Waals surface area contributed by atoms with Gasteiger partial charge in [-0.1, -0.05) is 16.8 Å². The highest BCUT2D eigenvalue weighted by molar-refractivity contribution is 6.32. The quantitative estimate of drug-likeness (QED) is 0.786. The molecule has 14 heavy (non-hydrogen) atoms. The third-order valence-electron chi connectivity index (χ3n) is 1.69. The lowest BCUT2D eigenvalue weighted by molar-refractivity contribution is 0.472. The number of hydrogen-bond acceptors (Lipinski definition) is 3. The summed E-state index contributed by atoms with van der Waals surface area (Å²) in [6.45, 7) is 0. The predicted octanol–water partition coefficient (Wildman–Crippen LogP) is 1.77. The van der Waals surface area contributed by atoms with Crippen molar-refractivity contribution < 1.29 is 9.50 Å². The van der Waals surface area contributed by atoms with Crippen LogP contribution in [-0.4, -0.2) is 20.1 Å². The first-order valence-corrected chi connectivity index (χ1v) is 4.11. The summed E-state index contributed by atoms with van der Waals surface area (Å²) in [5.74, 6) is -0.767. The molecule has 1 heterocycles. The number of aromatic hydroxyl groups is 1. The van der Waals surface area contributed by atoms with E-state index in [1.54, 1.807) is 0 Å². The van der Waals surface area contributed by atoms with E-state index in [0.29, 0.717) is 0 Å². The Morgan fingerprint density at radius 2 is 2.21 bits per heavy atom. The van der Waals surface area contributed by atoms with Gasteiger partial charge in [0.25, 0.3) is 0 Å². The molecule has 0 amide bonds. The van der Waals surface area contributed by atoms with Crippen molar-refractivity contribution in [2.75, 3.05) is 0 Å². The van der Waals surface area contributed by atoms with Crippen LogP contribution in [0.2, 0.25) is 5.02 Å². The maximum absolute atomic E-state index is 13.3. The Morgan fingerprint density at radius 1 is 1.43 bits per heavy atom. The second-order valence-electron chi connectivity index (χ2n) is 2.60. The minimum Gasteiger partial charge on any atom is -0.506 e. The van der Waals surface area contributed by atoms with Gasteiger partial charge in [-0.3, -0.25) is 0 Å². The van der Waals surface area contributed by atoms with E-state index in [0.717, 1.165) is 6.07 Å². The highest BCUT2D eigenvalue weighted by Crippen LogP contribution is 2.27. The van der Waals surface area contributed by atoms with Gasteiger partial charge in [-0.2, -0.15) is 0 Å². The Labute approximate surface area is 83.5 Å².